The summed E-state index contributed by atoms with van der Waals surface area (Å²) in [6.07, 6.45) is 59.1. The van der Waals surface area contributed by atoms with Gasteiger partial charge in [-0.3, -0.25) is 24.0 Å². The number of thiol groups is 1. The summed E-state index contributed by atoms with van der Waals surface area (Å²) in [5, 5.41) is 0.00243. The lowest BCUT2D eigenvalue weighted by molar-refractivity contribution is -0.151. The van der Waals surface area contributed by atoms with Crippen molar-refractivity contribution in [1.82, 2.24) is 14.7 Å². The van der Waals surface area contributed by atoms with E-state index in [1.165, 1.54) is 192 Å². The molecule has 2 atom stereocenters. The maximum Gasteiger partial charge on any atom is 0.306 e. The number of halogens is 1. The van der Waals surface area contributed by atoms with Crippen molar-refractivity contribution in [2.24, 2.45) is 0 Å². The van der Waals surface area contributed by atoms with E-state index in [1.54, 1.807) is 4.90 Å². The third-order valence-corrected chi connectivity index (χ3v) is 17.1. The van der Waals surface area contributed by atoms with Gasteiger partial charge in [-0.2, -0.15) is 12.6 Å². The van der Waals surface area contributed by atoms with Crippen LogP contribution in [0.4, 0.5) is 4.79 Å². The van der Waals surface area contributed by atoms with Crippen LogP contribution in [0.25, 0.3) is 0 Å². The topological polar surface area (TPSA) is 132 Å². The van der Waals surface area contributed by atoms with Crippen LogP contribution < -0.4 is 0 Å². The Morgan fingerprint density at radius 3 is 0.989 bits per heavy atom. The maximum absolute atomic E-state index is 13.0. The van der Waals surface area contributed by atoms with Gasteiger partial charge in [0, 0.05) is 63.4 Å². The Bertz CT molecular complexity index is 1620. The molecule has 2 unspecified atom stereocenters. The second-order valence-electron chi connectivity index (χ2n) is 25.7. The van der Waals surface area contributed by atoms with E-state index in [-0.39, 0.29) is 60.2 Å². The van der Waals surface area contributed by atoms with Gasteiger partial charge >= 0.3 is 23.9 Å². The first kappa shape index (κ1) is 95.1. The molecular formula is C76H148ClN3O9S2. The first-order valence-corrected chi connectivity index (χ1v) is 39.2. The molecule has 0 radical (unpaired) electrons. The van der Waals surface area contributed by atoms with Crippen LogP contribution in [0.15, 0.2) is 24.3 Å². The first-order valence-electron chi connectivity index (χ1n) is 37.6. The highest BCUT2D eigenvalue weighted by Crippen LogP contribution is 2.21. The molecule has 0 heterocycles. The van der Waals surface area contributed by atoms with Gasteiger partial charge in [0.05, 0.1) is 0 Å². The number of amides is 1. The molecule has 0 N–H and O–H groups in total. The lowest BCUT2D eigenvalue weighted by atomic mass is 10.0. The molecule has 12 nitrogen and oxygen atoms in total. The molecule has 0 aromatic rings. The predicted octanol–water partition coefficient (Wildman–Crippen LogP) is 22.1. The molecule has 0 bridgehead atoms. The molecule has 0 aliphatic carbocycles. The molecule has 0 saturated heterocycles. The Morgan fingerprint density at radius 1 is 0.363 bits per heavy atom. The van der Waals surface area contributed by atoms with E-state index in [0.29, 0.717) is 64.2 Å². The van der Waals surface area contributed by atoms with Gasteiger partial charge in [-0.1, -0.05) is 251 Å². The molecule has 0 aliphatic rings. The molecule has 0 aromatic carbocycles. The van der Waals surface area contributed by atoms with Gasteiger partial charge in [-0.05, 0) is 131 Å². The standard InChI is InChI=1S/C38H72N2O5S.C34H64O4.C4H11NS.ClH/c1-6-9-12-15-17-20-23-33-44-36(41)28-24-30-40(38(43)46-34-32-39(4)5)31-25-29-37(42)45-35(26-21-18-14-11-8-3)27-22-19-16-13-10-7-2;1-4-7-10-13-15-21-26-31-37-33(35)29-24-19-16-20-25-30-34(36)38-32(27-22-17-12-9-6-3)28-23-18-14-11-8-5-2;1-5(2)3-4-6;/h20,23,35H,6-19,21-22,24-34H2,1-5H3;21,26,32H,4-20,22-25,27-31H2,1-3H3;6H,3-4H2,1-2H3;1H/b23-20-;26-21-;;. The van der Waals surface area contributed by atoms with Gasteiger partial charge in [-0.15, -0.1) is 12.4 Å². The minimum Gasteiger partial charge on any atom is -0.462 e. The van der Waals surface area contributed by atoms with E-state index in [1.807, 2.05) is 40.3 Å². The van der Waals surface area contributed by atoms with E-state index in [9.17, 15) is 24.0 Å². The average molecular weight is 1350 g/mol. The third kappa shape index (κ3) is 78.3. The molecular weight excluding hydrogens is 1200 g/mol. The summed E-state index contributed by atoms with van der Waals surface area (Å²) in [5.74, 6) is 1.15. The van der Waals surface area contributed by atoms with Crippen molar-refractivity contribution in [3.8, 4) is 0 Å². The quantitative estimate of drug-likeness (QED) is 0.0204. The first-order chi connectivity index (χ1) is 43.7. The fraction of sp³-hybridized carbons (Fsp3) is 0.882. The zero-order valence-electron chi connectivity index (χ0n) is 61.1. The van der Waals surface area contributed by atoms with Crippen LogP contribution in [0.3, 0.4) is 0 Å². The Morgan fingerprint density at radius 2 is 0.659 bits per heavy atom. The van der Waals surface area contributed by atoms with Crippen molar-refractivity contribution >= 4 is 65.9 Å². The van der Waals surface area contributed by atoms with Crippen molar-refractivity contribution in [3.05, 3.63) is 24.3 Å². The highest BCUT2D eigenvalue weighted by Gasteiger charge is 2.19. The van der Waals surface area contributed by atoms with Gasteiger partial charge in [0.15, 0.2) is 0 Å². The fourth-order valence-corrected chi connectivity index (χ4v) is 11.6. The van der Waals surface area contributed by atoms with Crippen LogP contribution in [0.5, 0.6) is 0 Å². The Hall–Kier alpha value is -2.26. The Balaban J connectivity index is -0.000000764. The Labute approximate surface area is 579 Å². The van der Waals surface area contributed by atoms with E-state index in [0.717, 1.165) is 102 Å². The summed E-state index contributed by atoms with van der Waals surface area (Å²) in [6, 6.07) is 0. The molecule has 0 saturated carbocycles. The Kier molecular flexibility index (Phi) is 82.0. The van der Waals surface area contributed by atoms with Crippen LogP contribution in [0.1, 0.15) is 343 Å². The van der Waals surface area contributed by atoms with Crippen LogP contribution in [-0.2, 0) is 38.1 Å². The third-order valence-electron chi connectivity index (χ3n) is 16.0. The molecule has 0 aromatic heterocycles. The van der Waals surface area contributed by atoms with Crippen LogP contribution in [0.2, 0.25) is 0 Å². The number of esters is 4. The zero-order valence-corrected chi connectivity index (χ0v) is 63.7. The molecule has 0 spiro atoms. The molecule has 15 heteroatoms. The van der Waals surface area contributed by atoms with Gasteiger partial charge in [0.2, 0.25) is 0 Å². The number of rotatable bonds is 63. The number of nitrogens with zero attached hydrogens (tertiary/aromatic N) is 3. The highest BCUT2D eigenvalue weighted by molar-refractivity contribution is 8.13. The minimum absolute atomic E-state index is 0. The SMILES string of the molecule is CCCCCC/C=C\COC(=O)CCCCCCCC(=O)OC(CCCCCCC)CCCCCCCC.CCCCCC/C=C\COC(=O)CCCN(CCCC(=O)OC(CCCCCCC)CCCCCCCC)C(=O)SCCN(C)C.CN(C)CCS.Cl. The van der Waals surface area contributed by atoms with Crippen molar-refractivity contribution in [1.29, 1.82) is 0 Å². The summed E-state index contributed by atoms with van der Waals surface area (Å²) < 4.78 is 22.5. The molecule has 540 valence electrons. The van der Waals surface area contributed by atoms with Crippen molar-refractivity contribution in [3.63, 3.8) is 0 Å². The smallest absolute Gasteiger partial charge is 0.306 e. The van der Waals surface area contributed by atoms with E-state index < -0.39 is 0 Å². The zero-order chi connectivity index (χ0) is 67.0. The van der Waals surface area contributed by atoms with Crippen LogP contribution in [-0.4, -0.2) is 135 Å². The number of ether oxygens (including phenoxy) is 4. The number of thioether (sulfide) groups is 1. The molecule has 91 heavy (non-hydrogen) atoms. The number of allylic oxidation sites excluding steroid dienone is 2. The summed E-state index contributed by atoms with van der Waals surface area (Å²) >= 11 is 5.32. The van der Waals surface area contributed by atoms with Gasteiger partial charge in [-0.25, -0.2) is 0 Å². The lowest BCUT2D eigenvalue weighted by Gasteiger charge is -2.23. The average Bonchev–Trinajstić information content (AvgIpc) is 3.66. The normalized spacial score (nSPS) is 11.9. The number of carbonyl (C=O) groups is 5. The van der Waals surface area contributed by atoms with Crippen molar-refractivity contribution in [2.45, 2.75) is 356 Å². The van der Waals surface area contributed by atoms with Crippen molar-refractivity contribution in [2.75, 3.05) is 79.1 Å². The molecule has 0 fully saturated rings. The summed E-state index contributed by atoms with van der Waals surface area (Å²) in [5.41, 5.74) is 0. The lowest BCUT2D eigenvalue weighted by Crippen LogP contribution is -2.31. The number of carbonyl (C=O) groups excluding carboxylic acids is 5. The van der Waals surface area contributed by atoms with E-state index >= 15 is 0 Å². The van der Waals surface area contributed by atoms with E-state index in [4.69, 9.17) is 18.9 Å². The van der Waals surface area contributed by atoms with Gasteiger partial charge < -0.3 is 33.6 Å². The second kappa shape index (κ2) is 78.4. The van der Waals surface area contributed by atoms with Crippen molar-refractivity contribution < 1.29 is 42.9 Å². The molecule has 1 amide bonds. The maximum atomic E-state index is 13.0. The number of hydrogen-bond acceptors (Lipinski definition) is 13. The van der Waals surface area contributed by atoms with Crippen LogP contribution in [0, 0.1) is 0 Å². The highest BCUT2D eigenvalue weighted by atomic mass is 35.5. The van der Waals surface area contributed by atoms with Gasteiger partial charge in [0.25, 0.3) is 5.24 Å². The largest absolute Gasteiger partial charge is 0.462 e. The fourth-order valence-electron chi connectivity index (χ4n) is 10.2. The monoisotopic (exact) mass is 1350 g/mol. The summed E-state index contributed by atoms with van der Waals surface area (Å²) in [6.45, 7) is 16.9. The minimum atomic E-state index is -0.238. The number of hydrogen-bond donors (Lipinski definition) is 1. The molecule has 0 aliphatic heterocycles. The van der Waals surface area contributed by atoms with Crippen LogP contribution >= 0.6 is 36.8 Å². The second-order valence-corrected chi connectivity index (χ2v) is 27.1. The van der Waals surface area contributed by atoms with Gasteiger partial charge in [0.1, 0.15) is 25.4 Å². The summed E-state index contributed by atoms with van der Waals surface area (Å²) in [7, 11) is 8.06. The van der Waals surface area contributed by atoms with E-state index in [2.05, 4.69) is 76.1 Å². The predicted molar refractivity (Wildman–Crippen MR) is 399 cm³/mol. The number of unbranched alkanes of at least 4 members (excludes halogenated alkanes) is 30. The molecule has 0 rings (SSSR count). The summed E-state index contributed by atoms with van der Waals surface area (Å²) in [4.78, 5) is 68.4.